The molecule has 6 nitrogen and oxygen atoms in total. The van der Waals surface area contributed by atoms with Crippen LogP contribution in [-0.4, -0.2) is 61.5 Å². The maximum absolute atomic E-state index is 11.8. The van der Waals surface area contributed by atoms with Gasteiger partial charge in [-0.15, -0.1) is 0 Å². The molecule has 0 amide bonds. The molecule has 1 saturated heterocycles. The van der Waals surface area contributed by atoms with Crippen LogP contribution >= 0.6 is 11.6 Å². The SMILES string of the molecule is CCOC(=O)/C=C/c1c(OC)cccc1[C@@H](C)OC[C@H](O)CN1CCC[C@H]1Cc1ccc(C)c(Cl)c1. The minimum absolute atomic E-state index is 0.207. The van der Waals surface area contributed by atoms with E-state index in [1.807, 2.05) is 32.0 Å². The van der Waals surface area contributed by atoms with Crippen molar-refractivity contribution < 1.29 is 24.1 Å². The smallest absolute Gasteiger partial charge is 0.330 e. The highest BCUT2D eigenvalue weighted by Gasteiger charge is 2.27. The topological polar surface area (TPSA) is 68.2 Å². The Bertz CT molecular complexity index is 1040. The van der Waals surface area contributed by atoms with E-state index < -0.39 is 12.1 Å². The molecule has 1 heterocycles. The van der Waals surface area contributed by atoms with E-state index in [9.17, 15) is 9.90 Å². The number of hydrogen-bond acceptors (Lipinski definition) is 6. The summed E-state index contributed by atoms with van der Waals surface area (Å²) in [6.45, 7) is 7.76. The Balaban J connectivity index is 1.59. The number of methoxy groups -OCH3 is 1. The van der Waals surface area contributed by atoms with Gasteiger partial charge in [-0.25, -0.2) is 4.79 Å². The van der Waals surface area contributed by atoms with Crippen LogP contribution in [0.3, 0.4) is 0 Å². The third-order valence-corrected chi connectivity index (χ3v) is 7.03. The molecule has 0 radical (unpaired) electrons. The van der Waals surface area contributed by atoms with Gasteiger partial charge in [-0.2, -0.15) is 0 Å². The minimum atomic E-state index is -0.612. The normalized spacial score (nSPS) is 17.9. The number of carbonyl (C=O) groups excluding carboxylic acids is 1. The van der Waals surface area contributed by atoms with E-state index in [0.717, 1.165) is 47.5 Å². The highest BCUT2D eigenvalue weighted by Crippen LogP contribution is 2.30. The van der Waals surface area contributed by atoms with E-state index in [4.69, 9.17) is 25.8 Å². The van der Waals surface area contributed by atoms with Gasteiger partial charge in [0.25, 0.3) is 0 Å². The molecule has 1 N–H and O–H groups in total. The van der Waals surface area contributed by atoms with Gasteiger partial charge in [-0.1, -0.05) is 35.9 Å². The zero-order valence-electron chi connectivity index (χ0n) is 21.7. The summed E-state index contributed by atoms with van der Waals surface area (Å²) in [6.07, 6.45) is 5.31. The molecule has 2 aromatic carbocycles. The van der Waals surface area contributed by atoms with Crippen molar-refractivity contribution >= 4 is 23.6 Å². The number of β-amino-alcohol motifs (C(OH)–C–C–N with tert-alkyl or cyclic N) is 1. The molecule has 1 aliphatic heterocycles. The molecular formula is C29H38ClNO5. The highest BCUT2D eigenvalue weighted by atomic mass is 35.5. The number of likely N-dealkylation sites (tertiary alicyclic amines) is 1. The van der Waals surface area contributed by atoms with E-state index in [1.165, 1.54) is 11.6 Å². The number of aliphatic hydroxyl groups excluding tert-OH is 1. The molecule has 1 aliphatic rings. The van der Waals surface area contributed by atoms with Crippen LogP contribution in [0.15, 0.2) is 42.5 Å². The second kappa shape index (κ2) is 13.8. The summed E-state index contributed by atoms with van der Waals surface area (Å²) in [7, 11) is 1.59. The van der Waals surface area contributed by atoms with Gasteiger partial charge in [0.2, 0.25) is 0 Å². The number of benzene rings is 2. The predicted molar refractivity (Wildman–Crippen MR) is 144 cm³/mol. The molecule has 196 valence electrons. The number of nitrogens with zero attached hydrogens (tertiary/aromatic N) is 1. The number of aliphatic hydroxyl groups is 1. The quantitative estimate of drug-likeness (QED) is 0.302. The fourth-order valence-electron chi connectivity index (χ4n) is 4.68. The summed E-state index contributed by atoms with van der Waals surface area (Å²) in [5.74, 6) is 0.228. The predicted octanol–water partition coefficient (Wildman–Crippen LogP) is 5.38. The fourth-order valence-corrected chi connectivity index (χ4v) is 4.89. The van der Waals surface area contributed by atoms with Crippen LogP contribution < -0.4 is 4.74 Å². The van der Waals surface area contributed by atoms with Crippen molar-refractivity contribution in [2.75, 3.05) is 33.4 Å². The summed E-state index contributed by atoms with van der Waals surface area (Å²) < 4.78 is 16.6. The van der Waals surface area contributed by atoms with Gasteiger partial charge in [0.15, 0.2) is 0 Å². The van der Waals surface area contributed by atoms with Crippen molar-refractivity contribution in [1.82, 2.24) is 4.90 Å². The number of aryl methyl sites for hydroxylation is 1. The number of rotatable bonds is 12. The van der Waals surface area contributed by atoms with Crippen LogP contribution in [0.25, 0.3) is 6.08 Å². The van der Waals surface area contributed by atoms with Crippen molar-refractivity contribution in [3.8, 4) is 5.75 Å². The lowest BCUT2D eigenvalue weighted by Crippen LogP contribution is -2.39. The Morgan fingerprint density at radius 2 is 2.11 bits per heavy atom. The molecule has 0 saturated carbocycles. The van der Waals surface area contributed by atoms with E-state index >= 15 is 0 Å². The van der Waals surface area contributed by atoms with Gasteiger partial charge < -0.3 is 19.3 Å². The Kier molecular flexibility index (Phi) is 10.8. The number of hydrogen-bond donors (Lipinski definition) is 1. The van der Waals surface area contributed by atoms with Gasteiger partial charge in [0.1, 0.15) is 5.75 Å². The fraction of sp³-hybridized carbons (Fsp3) is 0.483. The summed E-state index contributed by atoms with van der Waals surface area (Å²) in [5.41, 5.74) is 3.94. The Morgan fingerprint density at radius 3 is 2.83 bits per heavy atom. The molecule has 1 fully saturated rings. The lowest BCUT2D eigenvalue weighted by Gasteiger charge is -2.28. The number of ether oxygens (including phenoxy) is 3. The Labute approximate surface area is 219 Å². The van der Waals surface area contributed by atoms with E-state index in [-0.39, 0.29) is 12.7 Å². The molecule has 0 aliphatic carbocycles. The standard InChI is InChI=1S/C29H38ClNO5/c1-5-35-29(33)14-13-26-25(9-6-10-28(26)34-4)21(3)36-19-24(32)18-31-15-7-8-23(31)16-22-12-11-20(2)27(30)17-22/h6,9-14,17,21,23-24,32H,5,7-8,15-16,18-19H2,1-4H3/b14-13+/t21-,23+,24-/m1/s1. The molecule has 3 atom stereocenters. The zero-order valence-corrected chi connectivity index (χ0v) is 22.5. The summed E-state index contributed by atoms with van der Waals surface area (Å²) in [6, 6.07) is 12.3. The van der Waals surface area contributed by atoms with Crippen LogP contribution in [0.2, 0.25) is 5.02 Å². The highest BCUT2D eigenvalue weighted by molar-refractivity contribution is 6.31. The first-order chi connectivity index (χ1) is 17.3. The van der Waals surface area contributed by atoms with Crippen molar-refractivity contribution in [1.29, 1.82) is 0 Å². The molecule has 2 aromatic rings. The molecule has 0 unspecified atom stereocenters. The molecule has 0 spiro atoms. The molecule has 3 rings (SSSR count). The monoisotopic (exact) mass is 515 g/mol. The van der Waals surface area contributed by atoms with Gasteiger partial charge in [0, 0.05) is 29.2 Å². The van der Waals surface area contributed by atoms with Crippen LogP contribution in [0.1, 0.15) is 55.0 Å². The average molecular weight is 516 g/mol. The average Bonchev–Trinajstić information content (AvgIpc) is 3.29. The van der Waals surface area contributed by atoms with Crippen molar-refractivity contribution in [2.24, 2.45) is 0 Å². The maximum atomic E-state index is 11.8. The van der Waals surface area contributed by atoms with E-state index in [2.05, 4.69) is 23.1 Å². The van der Waals surface area contributed by atoms with Crippen LogP contribution in [0.4, 0.5) is 0 Å². The summed E-state index contributed by atoms with van der Waals surface area (Å²) >= 11 is 6.32. The van der Waals surface area contributed by atoms with Gasteiger partial charge in [-0.05, 0) is 81.5 Å². The van der Waals surface area contributed by atoms with Crippen molar-refractivity contribution in [3.05, 3.63) is 69.8 Å². The van der Waals surface area contributed by atoms with Crippen molar-refractivity contribution in [3.63, 3.8) is 0 Å². The first kappa shape index (κ1) is 28.2. The van der Waals surface area contributed by atoms with Gasteiger partial charge >= 0.3 is 5.97 Å². The second-order valence-electron chi connectivity index (χ2n) is 9.26. The van der Waals surface area contributed by atoms with Gasteiger partial charge in [0.05, 0.1) is 32.5 Å². The largest absolute Gasteiger partial charge is 0.496 e. The molecule has 36 heavy (non-hydrogen) atoms. The Morgan fingerprint density at radius 1 is 1.31 bits per heavy atom. The third kappa shape index (κ3) is 7.81. The zero-order chi connectivity index (χ0) is 26.1. The van der Waals surface area contributed by atoms with Crippen LogP contribution in [-0.2, 0) is 20.7 Å². The number of esters is 1. The van der Waals surface area contributed by atoms with E-state index in [1.54, 1.807) is 20.1 Å². The molecular weight excluding hydrogens is 478 g/mol. The molecule has 0 bridgehead atoms. The van der Waals surface area contributed by atoms with E-state index in [0.29, 0.717) is 24.9 Å². The lowest BCUT2D eigenvalue weighted by molar-refractivity contribution is -0.137. The minimum Gasteiger partial charge on any atom is -0.496 e. The van der Waals surface area contributed by atoms with Crippen LogP contribution in [0.5, 0.6) is 5.75 Å². The number of carbonyl (C=O) groups is 1. The molecule has 7 heteroatoms. The van der Waals surface area contributed by atoms with Gasteiger partial charge in [-0.3, -0.25) is 4.90 Å². The number of halogens is 1. The second-order valence-corrected chi connectivity index (χ2v) is 9.66. The third-order valence-electron chi connectivity index (χ3n) is 6.62. The summed E-state index contributed by atoms with van der Waals surface area (Å²) in [4.78, 5) is 14.2. The first-order valence-electron chi connectivity index (χ1n) is 12.6. The lowest BCUT2D eigenvalue weighted by atomic mass is 10.0. The van der Waals surface area contributed by atoms with Crippen molar-refractivity contribution in [2.45, 2.75) is 58.3 Å². The molecule has 0 aromatic heterocycles. The summed E-state index contributed by atoms with van der Waals surface area (Å²) in [5, 5.41) is 11.6. The maximum Gasteiger partial charge on any atom is 0.330 e. The first-order valence-corrected chi connectivity index (χ1v) is 13.0. The van der Waals surface area contributed by atoms with Crippen LogP contribution in [0, 0.1) is 6.92 Å². The Hall–Kier alpha value is -2.38.